The lowest BCUT2D eigenvalue weighted by atomic mass is 9.75. The molecule has 0 amide bonds. The fourth-order valence-electron chi connectivity index (χ4n) is 6.19. The van der Waals surface area contributed by atoms with Crippen LogP contribution in [0.1, 0.15) is 158 Å². The van der Waals surface area contributed by atoms with E-state index >= 15 is 0 Å². The first kappa shape index (κ1) is 51.2. The van der Waals surface area contributed by atoms with E-state index in [1.54, 1.807) is 0 Å². The van der Waals surface area contributed by atoms with Crippen LogP contribution < -0.4 is 15.6 Å². The second kappa shape index (κ2) is 31.8. The molecule has 0 spiro atoms. The zero-order valence-electron chi connectivity index (χ0n) is 32.6. The molecule has 1 aromatic rings. The summed E-state index contributed by atoms with van der Waals surface area (Å²) in [4.78, 5) is 0. The molecule has 0 aliphatic heterocycles. The van der Waals surface area contributed by atoms with Crippen molar-refractivity contribution in [3.05, 3.63) is 24.3 Å². The Hall–Kier alpha value is -1.15. The molecule has 0 atom stereocenters. The standard InChI is InChI=1S/2C16H36N.C6H4B2F5.FH/c2*1-5-9-13-17(14-10-6-2,15-11-7-3)16-12-8-4;9-7(10)5-2-1-3-6(4-5)8(11,12)13;/h2*5-16H2,1-4H3;1-4H;1H/q2*+1;-1;/p-1. The molecule has 0 aliphatic rings. The Morgan fingerprint density at radius 3 is 0.917 bits per heavy atom. The smallest absolute Gasteiger partial charge is 0.571 e. The van der Waals surface area contributed by atoms with Crippen LogP contribution in [0.25, 0.3) is 0 Å². The summed E-state index contributed by atoms with van der Waals surface area (Å²) < 4.78 is 62.9. The normalized spacial score (nSPS) is 11.6. The third-order valence-corrected chi connectivity index (χ3v) is 9.43. The van der Waals surface area contributed by atoms with Crippen molar-refractivity contribution in [2.75, 3.05) is 52.4 Å². The van der Waals surface area contributed by atoms with Crippen LogP contribution in [-0.2, 0) is 0 Å². The molecule has 0 saturated carbocycles. The highest BCUT2D eigenvalue weighted by Crippen LogP contribution is 2.18. The summed E-state index contributed by atoms with van der Waals surface area (Å²) in [5.41, 5.74) is -1.59. The van der Waals surface area contributed by atoms with Crippen LogP contribution in [0.5, 0.6) is 0 Å². The minimum atomic E-state index is -5.19. The summed E-state index contributed by atoms with van der Waals surface area (Å²) >= 11 is 0. The van der Waals surface area contributed by atoms with Crippen molar-refractivity contribution < 1.29 is 35.2 Å². The minimum absolute atomic E-state index is 0. The average molecular weight is 697 g/mol. The lowest BCUT2D eigenvalue weighted by molar-refractivity contribution is -0.929. The number of rotatable bonds is 26. The van der Waals surface area contributed by atoms with E-state index in [1.807, 2.05) is 0 Å². The number of unbranched alkanes of at least 4 members (excludes halogenated alkanes) is 8. The molecular weight excluding hydrogens is 620 g/mol. The predicted molar refractivity (Wildman–Crippen MR) is 201 cm³/mol. The quantitative estimate of drug-likeness (QED) is 0.0519. The van der Waals surface area contributed by atoms with Crippen molar-refractivity contribution in [3.63, 3.8) is 0 Å². The van der Waals surface area contributed by atoms with Gasteiger partial charge in [-0.05, 0) is 56.8 Å². The monoisotopic (exact) mass is 697 g/mol. The number of hydrogen-bond donors (Lipinski definition) is 0. The highest BCUT2D eigenvalue weighted by molar-refractivity contribution is 6.74. The van der Waals surface area contributed by atoms with Gasteiger partial charge in [0, 0.05) is 0 Å². The van der Waals surface area contributed by atoms with Gasteiger partial charge in [0.25, 0.3) is 0 Å². The molecular formula is C38H76B2F6N2. The van der Waals surface area contributed by atoms with Crippen LogP contribution in [0, 0.1) is 0 Å². The maximum atomic E-state index is 12.0. The molecule has 10 heteroatoms. The van der Waals surface area contributed by atoms with E-state index in [0.717, 1.165) is 18.2 Å². The second-order valence-electron chi connectivity index (χ2n) is 13.8. The molecule has 0 N–H and O–H groups in total. The fraction of sp³-hybridized carbons (Fsp3) is 0.842. The van der Waals surface area contributed by atoms with Gasteiger partial charge in [0.05, 0.1) is 52.4 Å². The van der Waals surface area contributed by atoms with Gasteiger partial charge in [-0.25, -0.2) is 0 Å². The lowest BCUT2D eigenvalue weighted by Crippen LogP contribution is -3.00. The average Bonchev–Trinajstić information content (AvgIpc) is 3.07. The molecule has 2 nitrogen and oxygen atoms in total. The van der Waals surface area contributed by atoms with E-state index in [1.165, 1.54) is 164 Å². The van der Waals surface area contributed by atoms with Crippen LogP contribution in [-0.4, -0.2) is 75.6 Å². The molecule has 0 saturated heterocycles. The molecule has 1 aromatic carbocycles. The first-order valence-corrected chi connectivity index (χ1v) is 19.7. The predicted octanol–water partition coefficient (Wildman–Crippen LogP) is 8.39. The van der Waals surface area contributed by atoms with Gasteiger partial charge in [0.1, 0.15) is 0 Å². The molecule has 286 valence electrons. The van der Waals surface area contributed by atoms with Crippen molar-refractivity contribution in [1.29, 1.82) is 0 Å². The Morgan fingerprint density at radius 1 is 0.479 bits per heavy atom. The highest BCUT2D eigenvalue weighted by Gasteiger charge is 2.28. The molecule has 0 aromatic heterocycles. The molecule has 0 radical (unpaired) electrons. The first-order valence-electron chi connectivity index (χ1n) is 19.7. The summed E-state index contributed by atoms with van der Waals surface area (Å²) in [6.07, 6.45) is 22.1. The highest BCUT2D eigenvalue weighted by atomic mass is 19.4. The van der Waals surface area contributed by atoms with Gasteiger partial charge in [0.15, 0.2) is 0 Å². The van der Waals surface area contributed by atoms with Crippen molar-refractivity contribution in [3.8, 4) is 0 Å². The van der Waals surface area contributed by atoms with E-state index in [9.17, 15) is 21.6 Å². The van der Waals surface area contributed by atoms with Gasteiger partial charge in [-0.2, -0.15) is 0 Å². The van der Waals surface area contributed by atoms with Crippen molar-refractivity contribution in [2.45, 2.75) is 158 Å². The van der Waals surface area contributed by atoms with E-state index in [2.05, 4.69) is 55.4 Å². The summed E-state index contributed by atoms with van der Waals surface area (Å²) in [7, 11) is -2.86. The molecule has 0 heterocycles. The van der Waals surface area contributed by atoms with Crippen LogP contribution >= 0.6 is 0 Å². The van der Waals surface area contributed by atoms with Crippen molar-refractivity contribution in [1.82, 2.24) is 0 Å². The van der Waals surface area contributed by atoms with Gasteiger partial charge in [-0.1, -0.05) is 131 Å². The van der Waals surface area contributed by atoms with E-state index in [-0.39, 0.29) is 4.70 Å². The summed E-state index contributed by atoms with van der Waals surface area (Å²) in [5, 5.41) is 0. The van der Waals surface area contributed by atoms with Crippen LogP contribution in [0.15, 0.2) is 24.3 Å². The summed E-state index contributed by atoms with van der Waals surface area (Å²) in [5.74, 6) is 0. The zero-order valence-corrected chi connectivity index (χ0v) is 32.6. The summed E-state index contributed by atoms with van der Waals surface area (Å²) in [6, 6.07) is 3.21. The van der Waals surface area contributed by atoms with Crippen LogP contribution in [0.4, 0.5) is 21.6 Å². The Labute approximate surface area is 294 Å². The number of nitrogens with zero attached hydrogens (tertiary/aromatic N) is 2. The molecule has 0 fully saturated rings. The maximum absolute atomic E-state index is 12.0. The molecule has 0 unspecified atom stereocenters. The van der Waals surface area contributed by atoms with Gasteiger partial charge >= 0.3 is 14.2 Å². The Bertz CT molecular complexity index is 716. The Morgan fingerprint density at radius 2 is 0.729 bits per heavy atom. The second-order valence-corrected chi connectivity index (χ2v) is 13.8. The fourth-order valence-corrected chi connectivity index (χ4v) is 6.19. The molecule has 0 bridgehead atoms. The van der Waals surface area contributed by atoms with Crippen molar-refractivity contribution >= 4 is 25.2 Å². The van der Waals surface area contributed by atoms with Gasteiger partial charge in [-0.3, -0.25) is 8.63 Å². The number of halogens is 6. The third-order valence-electron chi connectivity index (χ3n) is 9.43. The molecule has 1 rings (SSSR count). The SMILES string of the molecule is CCCC[N+](CCCC)(CCCC)CCCC.CCCC[N+](CCCC)(CCCC)CCCC.FB(F)c1cccc([B-](F)(F)F)c1.[F-]. The van der Waals surface area contributed by atoms with Crippen LogP contribution in [0.3, 0.4) is 0 Å². The lowest BCUT2D eigenvalue weighted by Gasteiger charge is -2.39. The van der Waals surface area contributed by atoms with E-state index in [4.69, 9.17) is 0 Å². The van der Waals surface area contributed by atoms with Crippen LogP contribution in [0.2, 0.25) is 0 Å². The van der Waals surface area contributed by atoms with Crippen molar-refractivity contribution in [2.24, 2.45) is 0 Å². The largest absolute Gasteiger partial charge is 1.00 e. The van der Waals surface area contributed by atoms with Gasteiger partial charge in [0.2, 0.25) is 0 Å². The van der Waals surface area contributed by atoms with Gasteiger partial charge < -0.3 is 26.6 Å². The number of benzene rings is 1. The Balaban J connectivity index is -0.000000632. The Kier molecular flexibility index (Phi) is 33.9. The van der Waals surface area contributed by atoms with E-state index in [0.29, 0.717) is 6.07 Å². The van der Waals surface area contributed by atoms with Gasteiger partial charge in [-0.15, -0.1) is 5.46 Å². The first-order chi connectivity index (χ1) is 22.4. The topological polar surface area (TPSA) is 0 Å². The maximum Gasteiger partial charge on any atom is 0.571 e. The molecule has 0 aliphatic carbocycles. The third kappa shape index (κ3) is 24.9. The minimum Gasteiger partial charge on any atom is -1.00 e. The summed E-state index contributed by atoms with van der Waals surface area (Å²) in [6.45, 7) is 24.9. The zero-order chi connectivity index (χ0) is 36.0. The molecule has 48 heavy (non-hydrogen) atoms. The van der Waals surface area contributed by atoms with E-state index < -0.39 is 25.2 Å². The number of hydrogen-bond acceptors (Lipinski definition) is 0. The number of quaternary nitrogens is 2.